The molecule has 1 aromatic carbocycles. The highest BCUT2D eigenvalue weighted by atomic mass is 32.2. The summed E-state index contributed by atoms with van der Waals surface area (Å²) in [6, 6.07) is 6.91. The second-order valence-corrected chi connectivity index (χ2v) is 8.23. The first-order valence-corrected chi connectivity index (χ1v) is 10.6. The van der Waals surface area contributed by atoms with Crippen molar-refractivity contribution in [1.82, 2.24) is 14.5 Å². The number of fused-ring (bicyclic) bond motifs is 1. The number of nitrogens with one attached hydrogen (secondary N) is 1. The summed E-state index contributed by atoms with van der Waals surface area (Å²) in [5.41, 5.74) is 2.74. The van der Waals surface area contributed by atoms with Crippen LogP contribution in [-0.4, -0.2) is 45.6 Å². The van der Waals surface area contributed by atoms with Gasteiger partial charge in [0.1, 0.15) is 0 Å². The van der Waals surface area contributed by atoms with Crippen molar-refractivity contribution in [2.75, 3.05) is 19.5 Å². The van der Waals surface area contributed by atoms with Gasteiger partial charge in [-0.25, -0.2) is 4.98 Å². The monoisotopic (exact) mass is 427 g/mol. The lowest BCUT2D eigenvalue weighted by molar-refractivity contribution is 0.101. The molecule has 2 aromatic heterocycles. The number of ketones is 2. The Kier molecular flexibility index (Phi) is 6.58. The molecule has 0 aliphatic carbocycles. The number of rotatable bonds is 8. The number of methoxy groups -OCH3 is 1. The van der Waals surface area contributed by atoms with Crippen molar-refractivity contribution >= 4 is 34.2 Å². The summed E-state index contributed by atoms with van der Waals surface area (Å²) in [5.74, 6) is -0.143. The zero-order valence-electron chi connectivity index (χ0n) is 17.7. The number of hydrogen-bond acceptors (Lipinski definition) is 6. The summed E-state index contributed by atoms with van der Waals surface area (Å²) in [7, 11) is 1.58. The maximum Gasteiger partial charge on any atom is 0.262 e. The highest BCUT2D eigenvalue weighted by Crippen LogP contribution is 2.24. The zero-order chi connectivity index (χ0) is 22.0. The van der Waals surface area contributed by atoms with Crippen LogP contribution < -0.4 is 5.56 Å². The van der Waals surface area contributed by atoms with E-state index in [0.717, 1.165) is 0 Å². The first-order valence-electron chi connectivity index (χ1n) is 9.62. The molecule has 0 saturated carbocycles. The molecule has 0 aliphatic heterocycles. The van der Waals surface area contributed by atoms with Crippen molar-refractivity contribution in [2.45, 2.75) is 38.9 Å². The van der Waals surface area contributed by atoms with Gasteiger partial charge in [0.25, 0.3) is 5.56 Å². The van der Waals surface area contributed by atoms with Crippen LogP contribution in [0.5, 0.6) is 0 Å². The molecule has 0 amide bonds. The average Bonchev–Trinajstić information content (AvgIpc) is 3.00. The quantitative estimate of drug-likeness (QED) is 0.334. The van der Waals surface area contributed by atoms with E-state index in [1.54, 1.807) is 43.7 Å². The standard InChI is InChI=1S/C22H25N3O4S/c1-12(10-29-5)25-21(28)16-8-6-7-9-17(16)24-22(25)30-11-18(27)20-13(2)19(15(4)26)14(3)23-20/h6-9,12,23H,10-11H2,1-5H3. The topological polar surface area (TPSA) is 94.1 Å². The van der Waals surface area contributed by atoms with E-state index in [1.165, 1.54) is 18.7 Å². The Labute approximate surface area is 178 Å². The van der Waals surface area contributed by atoms with Gasteiger partial charge in [0.15, 0.2) is 16.7 Å². The van der Waals surface area contributed by atoms with Gasteiger partial charge < -0.3 is 9.72 Å². The highest BCUT2D eigenvalue weighted by Gasteiger charge is 2.22. The zero-order valence-corrected chi connectivity index (χ0v) is 18.6. The summed E-state index contributed by atoms with van der Waals surface area (Å²) >= 11 is 1.21. The van der Waals surface area contributed by atoms with Crippen LogP contribution in [0, 0.1) is 13.8 Å². The van der Waals surface area contributed by atoms with E-state index < -0.39 is 0 Å². The molecular weight excluding hydrogens is 402 g/mol. The van der Waals surface area contributed by atoms with Crippen LogP contribution in [0.3, 0.4) is 0 Å². The summed E-state index contributed by atoms with van der Waals surface area (Å²) in [6.07, 6.45) is 0. The molecule has 3 aromatic rings. The molecule has 158 valence electrons. The normalized spacial score (nSPS) is 12.3. The average molecular weight is 428 g/mol. The van der Waals surface area contributed by atoms with Gasteiger partial charge in [0.2, 0.25) is 0 Å². The number of para-hydroxylation sites is 1. The lowest BCUT2D eigenvalue weighted by atomic mass is 10.1. The number of aromatic amines is 1. The van der Waals surface area contributed by atoms with Crippen LogP contribution in [0.15, 0.2) is 34.2 Å². The number of carbonyl (C=O) groups excluding carboxylic acids is 2. The van der Waals surface area contributed by atoms with Crippen molar-refractivity contribution in [3.63, 3.8) is 0 Å². The van der Waals surface area contributed by atoms with Crippen molar-refractivity contribution in [3.05, 3.63) is 57.1 Å². The van der Waals surface area contributed by atoms with E-state index in [1.807, 2.05) is 13.0 Å². The lowest BCUT2D eigenvalue weighted by Gasteiger charge is -2.18. The van der Waals surface area contributed by atoms with Crippen LogP contribution in [0.25, 0.3) is 10.9 Å². The second kappa shape index (κ2) is 8.97. The molecule has 2 heterocycles. The second-order valence-electron chi connectivity index (χ2n) is 7.28. The Balaban J connectivity index is 1.96. The molecule has 1 unspecified atom stereocenters. The van der Waals surface area contributed by atoms with E-state index in [9.17, 15) is 14.4 Å². The van der Waals surface area contributed by atoms with Crippen LogP contribution in [0.2, 0.25) is 0 Å². The Morgan fingerprint density at radius 2 is 1.97 bits per heavy atom. The van der Waals surface area contributed by atoms with Crippen molar-refractivity contribution < 1.29 is 14.3 Å². The number of nitrogens with zero attached hydrogens (tertiary/aromatic N) is 2. The molecule has 3 rings (SSSR count). The van der Waals surface area contributed by atoms with Crippen LogP contribution in [-0.2, 0) is 4.74 Å². The number of benzene rings is 1. The van der Waals surface area contributed by atoms with Gasteiger partial charge in [-0.1, -0.05) is 23.9 Å². The molecule has 0 aliphatic rings. The SMILES string of the molecule is COCC(C)n1c(SCC(=O)c2[nH]c(C)c(C(C)=O)c2C)nc2ccccc2c1=O. The Bertz CT molecular complexity index is 1180. The molecular formula is C22H25N3O4S. The van der Waals surface area contributed by atoms with Gasteiger partial charge in [0, 0.05) is 18.4 Å². The van der Waals surface area contributed by atoms with E-state index in [0.29, 0.717) is 45.2 Å². The van der Waals surface area contributed by atoms with Gasteiger partial charge >= 0.3 is 0 Å². The van der Waals surface area contributed by atoms with Crippen LogP contribution in [0.4, 0.5) is 0 Å². The van der Waals surface area contributed by atoms with Crippen LogP contribution >= 0.6 is 11.8 Å². The van der Waals surface area contributed by atoms with Gasteiger partial charge in [-0.2, -0.15) is 0 Å². The molecule has 0 bridgehead atoms. The molecule has 0 spiro atoms. The molecule has 7 nitrogen and oxygen atoms in total. The van der Waals surface area contributed by atoms with E-state index in [-0.39, 0.29) is 28.9 Å². The molecule has 1 atom stereocenters. The molecule has 0 saturated heterocycles. The number of thioether (sulfide) groups is 1. The predicted molar refractivity (Wildman–Crippen MR) is 118 cm³/mol. The summed E-state index contributed by atoms with van der Waals surface area (Å²) in [6.45, 7) is 7.26. The fourth-order valence-corrected chi connectivity index (χ4v) is 4.66. The number of H-pyrrole nitrogens is 1. The smallest absolute Gasteiger partial charge is 0.262 e. The third-order valence-corrected chi connectivity index (χ3v) is 5.98. The number of Topliss-reactive ketones (excluding diaryl/α,β-unsaturated/α-hetero) is 2. The largest absolute Gasteiger partial charge is 0.383 e. The van der Waals surface area contributed by atoms with E-state index in [2.05, 4.69) is 9.97 Å². The van der Waals surface area contributed by atoms with Gasteiger partial charge in [-0.05, 0) is 45.4 Å². The van der Waals surface area contributed by atoms with Crippen LogP contribution in [0.1, 0.15) is 52.0 Å². The van der Waals surface area contributed by atoms with Gasteiger partial charge in [-0.15, -0.1) is 0 Å². The minimum atomic E-state index is -0.240. The minimum absolute atomic E-state index is 0.0774. The number of hydrogen-bond donors (Lipinski definition) is 1. The summed E-state index contributed by atoms with van der Waals surface area (Å²) < 4.78 is 6.81. The first-order chi connectivity index (χ1) is 14.3. The predicted octanol–water partition coefficient (Wildman–Crippen LogP) is 3.73. The Hall–Kier alpha value is -2.71. The molecule has 30 heavy (non-hydrogen) atoms. The van der Waals surface area contributed by atoms with E-state index in [4.69, 9.17) is 4.74 Å². The fourth-order valence-electron chi connectivity index (χ4n) is 3.69. The van der Waals surface area contributed by atoms with E-state index >= 15 is 0 Å². The Morgan fingerprint density at radius 1 is 1.27 bits per heavy atom. The van der Waals surface area contributed by atoms with Crippen molar-refractivity contribution in [3.8, 4) is 0 Å². The summed E-state index contributed by atoms with van der Waals surface area (Å²) in [5, 5.41) is 0.988. The Morgan fingerprint density at radius 3 is 2.60 bits per heavy atom. The molecule has 0 fully saturated rings. The first kappa shape index (κ1) is 22.0. The van der Waals surface area contributed by atoms with Gasteiger partial charge in [-0.3, -0.25) is 19.0 Å². The fraction of sp³-hybridized carbons (Fsp3) is 0.364. The number of ether oxygens (including phenoxy) is 1. The van der Waals surface area contributed by atoms with Crippen molar-refractivity contribution in [1.29, 1.82) is 0 Å². The molecule has 0 radical (unpaired) electrons. The highest BCUT2D eigenvalue weighted by molar-refractivity contribution is 7.99. The van der Waals surface area contributed by atoms with Gasteiger partial charge in [0.05, 0.1) is 35.0 Å². The third-order valence-electron chi connectivity index (χ3n) is 5.02. The maximum absolute atomic E-state index is 13.1. The molecule has 8 heteroatoms. The lowest BCUT2D eigenvalue weighted by Crippen LogP contribution is -2.28. The number of aromatic nitrogens is 3. The number of carbonyl (C=O) groups is 2. The minimum Gasteiger partial charge on any atom is -0.383 e. The molecule has 1 N–H and O–H groups in total. The third kappa shape index (κ3) is 4.11. The number of aryl methyl sites for hydroxylation is 1. The summed E-state index contributed by atoms with van der Waals surface area (Å²) in [4.78, 5) is 45.5. The maximum atomic E-state index is 13.1. The van der Waals surface area contributed by atoms with Crippen molar-refractivity contribution in [2.24, 2.45) is 0 Å².